The van der Waals surface area contributed by atoms with E-state index in [1.807, 2.05) is 13.8 Å². The Morgan fingerprint density at radius 3 is 2.75 bits per heavy atom. The molecule has 0 fully saturated rings. The Morgan fingerprint density at radius 2 is 2.20 bits per heavy atom. The number of phenolic OH excluding ortho intramolecular Hbond substituents is 1. The van der Waals surface area contributed by atoms with E-state index in [1.165, 1.54) is 6.07 Å². The summed E-state index contributed by atoms with van der Waals surface area (Å²) >= 11 is 0. The Kier molecular flexibility index (Phi) is 3.93. The SMILES string of the molecule is CCn1nc(C(=O)Nc2cccc(O)c2)c(C)c1NC. The largest absolute Gasteiger partial charge is 0.508 e. The Bertz CT molecular complexity index is 634. The number of hydrogen-bond donors (Lipinski definition) is 3. The first-order valence-electron chi connectivity index (χ1n) is 6.42. The molecule has 6 heteroatoms. The van der Waals surface area contributed by atoms with E-state index in [-0.39, 0.29) is 11.7 Å². The zero-order valence-corrected chi connectivity index (χ0v) is 11.8. The maximum atomic E-state index is 12.2. The van der Waals surface area contributed by atoms with Crippen LogP contribution in [0.2, 0.25) is 0 Å². The number of benzene rings is 1. The van der Waals surface area contributed by atoms with Gasteiger partial charge in [0.15, 0.2) is 5.69 Å². The molecule has 1 aromatic carbocycles. The van der Waals surface area contributed by atoms with E-state index < -0.39 is 0 Å². The van der Waals surface area contributed by atoms with Gasteiger partial charge in [-0.25, -0.2) is 4.68 Å². The molecule has 0 unspecified atom stereocenters. The van der Waals surface area contributed by atoms with Gasteiger partial charge in [-0.1, -0.05) is 6.07 Å². The third-order valence-corrected chi connectivity index (χ3v) is 3.04. The van der Waals surface area contributed by atoms with E-state index in [1.54, 1.807) is 29.9 Å². The zero-order chi connectivity index (χ0) is 14.7. The molecule has 3 N–H and O–H groups in total. The summed E-state index contributed by atoms with van der Waals surface area (Å²) in [4.78, 5) is 12.2. The average Bonchev–Trinajstić information content (AvgIpc) is 2.75. The van der Waals surface area contributed by atoms with Crippen LogP contribution in [0, 0.1) is 6.92 Å². The Hall–Kier alpha value is -2.50. The summed E-state index contributed by atoms with van der Waals surface area (Å²) in [6, 6.07) is 6.42. The first-order valence-corrected chi connectivity index (χ1v) is 6.42. The molecule has 0 aliphatic rings. The fraction of sp³-hybridized carbons (Fsp3) is 0.286. The third-order valence-electron chi connectivity index (χ3n) is 3.04. The van der Waals surface area contributed by atoms with Crippen LogP contribution < -0.4 is 10.6 Å². The number of aromatic nitrogens is 2. The molecule has 0 saturated heterocycles. The van der Waals surface area contributed by atoms with Crippen molar-refractivity contribution in [2.24, 2.45) is 0 Å². The van der Waals surface area contributed by atoms with Crippen LogP contribution in [0.4, 0.5) is 11.5 Å². The van der Waals surface area contributed by atoms with Crippen LogP contribution in [0.1, 0.15) is 23.0 Å². The summed E-state index contributed by atoms with van der Waals surface area (Å²) < 4.78 is 1.74. The lowest BCUT2D eigenvalue weighted by Crippen LogP contribution is -2.14. The van der Waals surface area contributed by atoms with Gasteiger partial charge in [0.25, 0.3) is 5.91 Å². The highest BCUT2D eigenvalue weighted by Gasteiger charge is 2.18. The van der Waals surface area contributed by atoms with Gasteiger partial charge in [0.2, 0.25) is 0 Å². The van der Waals surface area contributed by atoms with Crippen LogP contribution >= 0.6 is 0 Å². The average molecular weight is 274 g/mol. The van der Waals surface area contributed by atoms with E-state index in [4.69, 9.17) is 0 Å². The van der Waals surface area contributed by atoms with Crippen LogP contribution in [-0.2, 0) is 6.54 Å². The number of nitrogens with zero attached hydrogens (tertiary/aromatic N) is 2. The monoisotopic (exact) mass is 274 g/mol. The second kappa shape index (κ2) is 5.64. The van der Waals surface area contributed by atoms with Gasteiger partial charge in [0.1, 0.15) is 11.6 Å². The number of carbonyl (C=O) groups excluding carboxylic acids is 1. The van der Waals surface area contributed by atoms with Crippen molar-refractivity contribution in [1.29, 1.82) is 0 Å². The van der Waals surface area contributed by atoms with E-state index in [0.29, 0.717) is 17.9 Å². The van der Waals surface area contributed by atoms with Gasteiger partial charge in [0, 0.05) is 30.9 Å². The van der Waals surface area contributed by atoms with Crippen molar-refractivity contribution in [3.05, 3.63) is 35.5 Å². The molecule has 0 bridgehead atoms. The lowest BCUT2D eigenvalue weighted by molar-refractivity contribution is 0.102. The molecule has 2 rings (SSSR count). The summed E-state index contributed by atoms with van der Waals surface area (Å²) in [6.45, 7) is 4.49. The summed E-state index contributed by atoms with van der Waals surface area (Å²) in [5, 5.41) is 19.5. The van der Waals surface area contributed by atoms with Gasteiger partial charge in [-0.2, -0.15) is 5.10 Å². The number of hydrogen-bond acceptors (Lipinski definition) is 4. The standard InChI is InChI=1S/C14H18N4O2/c1-4-18-13(15-3)9(2)12(17-18)14(20)16-10-6-5-7-11(19)8-10/h5-8,15,19H,4H2,1-3H3,(H,16,20). The highest BCUT2D eigenvalue weighted by molar-refractivity contribution is 6.04. The third kappa shape index (κ3) is 2.59. The van der Waals surface area contributed by atoms with Gasteiger partial charge in [-0.3, -0.25) is 4.79 Å². The van der Waals surface area contributed by atoms with Crippen molar-refractivity contribution in [2.45, 2.75) is 20.4 Å². The van der Waals surface area contributed by atoms with Gasteiger partial charge in [-0.05, 0) is 26.0 Å². The van der Waals surface area contributed by atoms with Crippen molar-refractivity contribution in [3.63, 3.8) is 0 Å². The highest BCUT2D eigenvalue weighted by Crippen LogP contribution is 2.21. The second-order valence-corrected chi connectivity index (χ2v) is 4.39. The number of aryl methyl sites for hydroxylation is 1. The van der Waals surface area contributed by atoms with E-state index in [0.717, 1.165) is 11.4 Å². The smallest absolute Gasteiger partial charge is 0.276 e. The van der Waals surface area contributed by atoms with Gasteiger partial charge in [0.05, 0.1) is 0 Å². The number of aromatic hydroxyl groups is 1. The zero-order valence-electron chi connectivity index (χ0n) is 11.8. The second-order valence-electron chi connectivity index (χ2n) is 4.39. The van der Waals surface area contributed by atoms with Gasteiger partial charge < -0.3 is 15.7 Å². The maximum Gasteiger partial charge on any atom is 0.276 e. The van der Waals surface area contributed by atoms with E-state index in [2.05, 4.69) is 15.7 Å². The molecule has 1 amide bonds. The quantitative estimate of drug-likeness (QED) is 0.798. The molecule has 1 heterocycles. The molecule has 6 nitrogen and oxygen atoms in total. The minimum atomic E-state index is -0.295. The number of anilines is 2. The first kappa shape index (κ1) is 13.9. The molecular formula is C14H18N4O2. The molecule has 106 valence electrons. The van der Waals surface area contributed by atoms with Crippen LogP contribution in [-0.4, -0.2) is 27.8 Å². The number of nitrogens with one attached hydrogen (secondary N) is 2. The molecule has 0 aliphatic heterocycles. The van der Waals surface area contributed by atoms with Crippen molar-refractivity contribution in [1.82, 2.24) is 9.78 Å². The fourth-order valence-electron chi connectivity index (χ4n) is 2.09. The maximum absolute atomic E-state index is 12.2. The molecule has 0 radical (unpaired) electrons. The van der Waals surface area contributed by atoms with Crippen LogP contribution in [0.5, 0.6) is 5.75 Å². The normalized spacial score (nSPS) is 10.3. The summed E-state index contributed by atoms with van der Waals surface area (Å²) in [6.07, 6.45) is 0. The molecule has 20 heavy (non-hydrogen) atoms. The molecule has 0 saturated carbocycles. The van der Waals surface area contributed by atoms with E-state index in [9.17, 15) is 9.90 Å². The van der Waals surface area contributed by atoms with Crippen molar-refractivity contribution < 1.29 is 9.90 Å². The molecule has 0 atom stereocenters. The number of rotatable bonds is 4. The minimum absolute atomic E-state index is 0.106. The van der Waals surface area contributed by atoms with E-state index >= 15 is 0 Å². The van der Waals surface area contributed by atoms with Crippen molar-refractivity contribution in [3.8, 4) is 5.75 Å². The molecule has 0 aliphatic carbocycles. The van der Waals surface area contributed by atoms with Gasteiger partial charge >= 0.3 is 0 Å². The lowest BCUT2D eigenvalue weighted by atomic mass is 10.2. The van der Waals surface area contributed by atoms with Crippen LogP contribution in [0.3, 0.4) is 0 Å². The Labute approximate surface area is 117 Å². The summed E-state index contributed by atoms with van der Waals surface area (Å²) in [5.41, 5.74) is 1.71. The highest BCUT2D eigenvalue weighted by atomic mass is 16.3. The lowest BCUT2D eigenvalue weighted by Gasteiger charge is -2.04. The predicted molar refractivity (Wildman–Crippen MR) is 78.2 cm³/mol. The van der Waals surface area contributed by atoms with Crippen LogP contribution in [0.25, 0.3) is 0 Å². The molecular weight excluding hydrogens is 256 g/mol. The molecule has 0 spiro atoms. The number of phenols is 1. The number of carbonyl (C=O) groups is 1. The topological polar surface area (TPSA) is 79.2 Å². The molecule has 1 aromatic heterocycles. The Morgan fingerprint density at radius 1 is 1.45 bits per heavy atom. The van der Waals surface area contributed by atoms with Gasteiger partial charge in [-0.15, -0.1) is 0 Å². The Balaban J connectivity index is 2.28. The van der Waals surface area contributed by atoms with Crippen molar-refractivity contribution >= 4 is 17.4 Å². The minimum Gasteiger partial charge on any atom is -0.508 e. The predicted octanol–water partition coefficient (Wildman–Crippen LogP) is 2.21. The molecule has 2 aromatic rings. The summed E-state index contributed by atoms with van der Waals surface area (Å²) in [7, 11) is 1.80. The summed E-state index contributed by atoms with van der Waals surface area (Å²) in [5.74, 6) is 0.639. The number of amides is 1. The fourth-order valence-corrected chi connectivity index (χ4v) is 2.09. The first-order chi connectivity index (χ1) is 9.56. The van der Waals surface area contributed by atoms with Crippen molar-refractivity contribution in [2.75, 3.05) is 17.7 Å². The van der Waals surface area contributed by atoms with Crippen LogP contribution in [0.15, 0.2) is 24.3 Å².